The van der Waals surface area contributed by atoms with Crippen molar-refractivity contribution in [1.82, 2.24) is 24.9 Å². The summed E-state index contributed by atoms with van der Waals surface area (Å²) < 4.78 is 1.92. The van der Waals surface area contributed by atoms with Crippen LogP contribution in [0.3, 0.4) is 0 Å². The summed E-state index contributed by atoms with van der Waals surface area (Å²) in [4.78, 5) is 42.2. The van der Waals surface area contributed by atoms with Gasteiger partial charge in [-0.3, -0.25) is 19.1 Å². The van der Waals surface area contributed by atoms with Crippen molar-refractivity contribution in [3.8, 4) is 0 Å². The summed E-state index contributed by atoms with van der Waals surface area (Å²) in [6.07, 6.45) is 3.68. The zero-order valence-electron chi connectivity index (χ0n) is 20.0. The minimum atomic E-state index is -0.227. The number of amides is 3. The molecular weight excluding hydrogens is 430 g/mol. The maximum Gasteiger partial charge on any atom is 0.275 e. The molecule has 5 rings (SSSR count). The van der Waals surface area contributed by atoms with Crippen molar-refractivity contribution in [2.45, 2.75) is 52.6 Å². The molecule has 3 heterocycles. The van der Waals surface area contributed by atoms with Gasteiger partial charge in [-0.2, -0.15) is 5.10 Å². The van der Waals surface area contributed by atoms with E-state index < -0.39 is 0 Å². The van der Waals surface area contributed by atoms with Gasteiger partial charge < -0.3 is 15.1 Å². The fraction of sp³-hybridized carbons (Fsp3) is 0.538. The quantitative estimate of drug-likeness (QED) is 0.712. The number of carbonyl (C=O) groups excluding carboxylic acids is 3. The average molecular weight is 464 g/mol. The number of carbonyl (C=O) groups is 3. The minimum Gasteiger partial charge on any atom is -0.353 e. The van der Waals surface area contributed by atoms with Crippen LogP contribution in [0.4, 0.5) is 0 Å². The predicted octanol–water partition coefficient (Wildman–Crippen LogP) is 2.21. The number of nitrogens with zero attached hydrogens (tertiary/aromatic N) is 4. The number of rotatable bonds is 6. The molecule has 0 radical (unpaired) electrons. The first-order valence-corrected chi connectivity index (χ1v) is 12.4. The molecule has 0 bridgehead atoms. The number of benzene rings is 1. The molecule has 1 saturated carbocycles. The van der Waals surface area contributed by atoms with Gasteiger partial charge in [-0.15, -0.1) is 0 Å². The number of nitrogens with one attached hydrogen (secondary N) is 1. The van der Waals surface area contributed by atoms with E-state index in [-0.39, 0.29) is 35.6 Å². The molecule has 3 amide bonds. The topological polar surface area (TPSA) is 87.5 Å². The lowest BCUT2D eigenvalue weighted by Gasteiger charge is -2.30. The highest BCUT2D eigenvalue weighted by molar-refractivity contribution is 5.97. The zero-order valence-corrected chi connectivity index (χ0v) is 20.0. The first-order chi connectivity index (χ1) is 16.5. The molecule has 0 unspecified atom stereocenters. The van der Waals surface area contributed by atoms with Gasteiger partial charge >= 0.3 is 0 Å². The number of aromatic nitrogens is 2. The average Bonchev–Trinajstić information content (AvgIpc) is 3.51. The molecule has 1 aromatic heterocycles. The van der Waals surface area contributed by atoms with Crippen molar-refractivity contribution in [3.63, 3.8) is 0 Å². The number of fused-ring (bicyclic) bond motifs is 1. The van der Waals surface area contributed by atoms with Gasteiger partial charge in [-0.1, -0.05) is 44.2 Å². The fourth-order valence-electron chi connectivity index (χ4n) is 5.65. The van der Waals surface area contributed by atoms with Crippen molar-refractivity contribution in [2.24, 2.45) is 11.3 Å². The molecule has 1 aromatic carbocycles. The summed E-state index contributed by atoms with van der Waals surface area (Å²) >= 11 is 0. The Kier molecular flexibility index (Phi) is 5.91. The standard InChI is InChI=1S/C26H33N5O3/c1-3-26(4-2)14-20(26)24(33)29-12-10-21-19(16-29)23(25(34)30-13-11-27-22(32)17-30)28-31(21)15-18-8-6-5-7-9-18/h5-9,20H,3-4,10-17H2,1-2H3,(H,27,32)/t20-/m1/s1. The van der Waals surface area contributed by atoms with Crippen molar-refractivity contribution in [2.75, 3.05) is 26.2 Å². The van der Waals surface area contributed by atoms with E-state index in [2.05, 4.69) is 19.2 Å². The lowest BCUT2D eigenvalue weighted by atomic mass is 9.95. The van der Waals surface area contributed by atoms with Crippen molar-refractivity contribution < 1.29 is 14.4 Å². The van der Waals surface area contributed by atoms with Gasteiger partial charge in [0.25, 0.3) is 5.91 Å². The van der Waals surface area contributed by atoms with Crippen LogP contribution in [0.5, 0.6) is 0 Å². The van der Waals surface area contributed by atoms with Gasteiger partial charge in [-0.25, -0.2) is 0 Å². The van der Waals surface area contributed by atoms with E-state index in [0.29, 0.717) is 44.8 Å². The normalized spacial score (nSPS) is 21.1. The van der Waals surface area contributed by atoms with E-state index in [1.54, 1.807) is 4.90 Å². The lowest BCUT2D eigenvalue weighted by molar-refractivity contribution is -0.134. The monoisotopic (exact) mass is 463 g/mol. The minimum absolute atomic E-state index is 0.0411. The first-order valence-electron chi connectivity index (χ1n) is 12.4. The molecule has 8 heteroatoms. The van der Waals surface area contributed by atoms with Gasteiger partial charge in [0.2, 0.25) is 11.8 Å². The highest BCUT2D eigenvalue weighted by Gasteiger charge is 2.56. The van der Waals surface area contributed by atoms with Gasteiger partial charge in [0.1, 0.15) is 0 Å². The molecule has 2 aromatic rings. The van der Waals surface area contributed by atoms with E-state index in [4.69, 9.17) is 5.10 Å². The molecule has 180 valence electrons. The van der Waals surface area contributed by atoms with Gasteiger partial charge in [0.15, 0.2) is 5.69 Å². The lowest BCUT2D eigenvalue weighted by Crippen LogP contribution is -2.50. The molecule has 34 heavy (non-hydrogen) atoms. The second kappa shape index (κ2) is 8.89. The SMILES string of the molecule is CCC1(CC)C[C@@H]1C(=O)N1CCc2c(c(C(=O)N3CCNC(=O)C3)nn2Cc2ccccc2)C1. The molecule has 1 saturated heterocycles. The molecule has 2 aliphatic heterocycles. The second-order valence-corrected chi connectivity index (χ2v) is 9.83. The van der Waals surface area contributed by atoms with Crippen LogP contribution in [0.25, 0.3) is 0 Å². The van der Waals surface area contributed by atoms with Gasteiger partial charge in [-0.05, 0) is 30.2 Å². The van der Waals surface area contributed by atoms with E-state index in [1.807, 2.05) is 39.9 Å². The van der Waals surface area contributed by atoms with Crippen LogP contribution in [-0.4, -0.2) is 63.5 Å². The van der Waals surface area contributed by atoms with Crippen LogP contribution in [0, 0.1) is 11.3 Å². The molecule has 1 aliphatic carbocycles. The molecular formula is C26H33N5O3. The summed E-state index contributed by atoms with van der Waals surface area (Å²) in [5.74, 6) is -0.0810. The highest BCUT2D eigenvalue weighted by atomic mass is 16.2. The van der Waals surface area contributed by atoms with Gasteiger partial charge in [0.05, 0.1) is 13.1 Å². The second-order valence-electron chi connectivity index (χ2n) is 9.83. The number of hydrogen-bond donors (Lipinski definition) is 1. The van der Waals surface area contributed by atoms with Crippen molar-refractivity contribution in [3.05, 3.63) is 52.8 Å². The predicted molar refractivity (Wildman–Crippen MR) is 127 cm³/mol. The Morgan fingerprint density at radius 2 is 1.85 bits per heavy atom. The Labute approximate surface area is 200 Å². The summed E-state index contributed by atoms with van der Waals surface area (Å²) in [7, 11) is 0. The van der Waals surface area contributed by atoms with Crippen LogP contribution in [-0.2, 0) is 29.1 Å². The van der Waals surface area contributed by atoms with E-state index in [0.717, 1.165) is 36.1 Å². The third-order valence-electron chi connectivity index (χ3n) is 8.05. The summed E-state index contributed by atoms with van der Waals surface area (Å²) in [6, 6.07) is 10.1. The Bertz CT molecular complexity index is 1110. The Hall–Kier alpha value is -3.16. The third kappa shape index (κ3) is 3.99. The summed E-state index contributed by atoms with van der Waals surface area (Å²) in [5.41, 5.74) is 3.49. The van der Waals surface area contributed by atoms with Crippen LogP contribution < -0.4 is 5.32 Å². The molecule has 1 atom stereocenters. The molecule has 0 spiro atoms. The molecule has 1 N–H and O–H groups in total. The first kappa shape index (κ1) is 22.6. The van der Waals surface area contributed by atoms with Gasteiger partial charge in [0, 0.05) is 49.8 Å². The van der Waals surface area contributed by atoms with Crippen LogP contribution in [0.1, 0.15) is 60.4 Å². The molecule has 2 fully saturated rings. The van der Waals surface area contributed by atoms with Crippen molar-refractivity contribution in [1.29, 1.82) is 0 Å². The van der Waals surface area contributed by atoms with Crippen LogP contribution >= 0.6 is 0 Å². The Morgan fingerprint density at radius 1 is 1.09 bits per heavy atom. The van der Waals surface area contributed by atoms with E-state index in [1.165, 1.54) is 0 Å². The largest absolute Gasteiger partial charge is 0.353 e. The Morgan fingerprint density at radius 3 is 2.53 bits per heavy atom. The summed E-state index contributed by atoms with van der Waals surface area (Å²) in [5, 5.41) is 7.53. The van der Waals surface area contributed by atoms with E-state index in [9.17, 15) is 14.4 Å². The Balaban J connectivity index is 1.44. The maximum atomic E-state index is 13.5. The maximum absolute atomic E-state index is 13.5. The smallest absolute Gasteiger partial charge is 0.275 e. The number of hydrogen-bond acceptors (Lipinski definition) is 4. The highest BCUT2D eigenvalue weighted by Crippen LogP contribution is 2.58. The molecule has 3 aliphatic rings. The zero-order chi connectivity index (χ0) is 23.9. The number of piperazine rings is 1. The van der Waals surface area contributed by atoms with Crippen LogP contribution in [0.2, 0.25) is 0 Å². The van der Waals surface area contributed by atoms with Crippen LogP contribution in [0.15, 0.2) is 30.3 Å². The third-order valence-corrected chi connectivity index (χ3v) is 8.05. The molecule has 8 nitrogen and oxygen atoms in total. The van der Waals surface area contributed by atoms with E-state index >= 15 is 0 Å². The van der Waals surface area contributed by atoms with Crippen molar-refractivity contribution >= 4 is 17.7 Å². The fourth-order valence-corrected chi connectivity index (χ4v) is 5.65. The summed E-state index contributed by atoms with van der Waals surface area (Å²) in [6.45, 7) is 6.91.